The molecule has 1 aromatic carbocycles. The van der Waals surface area contributed by atoms with E-state index in [4.69, 9.17) is 0 Å². The predicted octanol–water partition coefficient (Wildman–Crippen LogP) is 4.18. The fourth-order valence-electron chi connectivity index (χ4n) is 3.13. The van der Waals surface area contributed by atoms with Crippen molar-refractivity contribution in [3.63, 3.8) is 0 Å². The molecule has 0 radical (unpaired) electrons. The number of nitrogens with zero attached hydrogens (tertiary/aromatic N) is 2. The molecule has 0 spiro atoms. The predicted molar refractivity (Wildman–Crippen MR) is 128 cm³/mol. The summed E-state index contributed by atoms with van der Waals surface area (Å²) in [7, 11) is 0. The van der Waals surface area contributed by atoms with Gasteiger partial charge in [0.05, 0.1) is 0 Å². The zero-order valence-electron chi connectivity index (χ0n) is 19.9. The van der Waals surface area contributed by atoms with Crippen LogP contribution in [0.25, 0.3) is 0 Å². The third kappa shape index (κ3) is 8.13. The van der Waals surface area contributed by atoms with Crippen LogP contribution in [-0.2, 0) is 14.4 Å². The van der Waals surface area contributed by atoms with Crippen molar-refractivity contribution in [2.24, 2.45) is 0 Å². The number of benzene rings is 1. The summed E-state index contributed by atoms with van der Waals surface area (Å²) in [5, 5.41) is 5.59. The van der Waals surface area contributed by atoms with Crippen molar-refractivity contribution in [2.45, 2.75) is 65.8 Å². The molecule has 0 saturated carbocycles. The molecule has 0 atom stereocenters. The summed E-state index contributed by atoms with van der Waals surface area (Å²) >= 11 is 0. The topological polar surface area (TPSA) is 91.4 Å². The third-order valence-corrected chi connectivity index (χ3v) is 4.74. The Morgan fingerprint density at radius 1 is 1.00 bits per heavy atom. The number of carbonyl (C=O) groups excluding carboxylic acids is 3. The number of carbonyl (C=O) groups is 3. The van der Waals surface area contributed by atoms with Crippen LogP contribution in [0.2, 0.25) is 0 Å². The molecule has 3 amide bonds. The highest BCUT2D eigenvalue weighted by atomic mass is 16.2. The van der Waals surface area contributed by atoms with Gasteiger partial charge in [0.25, 0.3) is 0 Å². The standard InChI is InChI=1S/C25H34N4O3/c1-17(2)19-7-9-20(10-8-19)29(16-23(31)28-25(4,5)6)24(32)12-11-22(30)27-21-15-18(3)13-14-26-21/h7-10,13-15,17H,11-12,16H2,1-6H3,(H,28,31)(H,26,27,30). The molecule has 0 bridgehead atoms. The highest BCUT2D eigenvalue weighted by molar-refractivity contribution is 6.01. The maximum absolute atomic E-state index is 13.0. The van der Waals surface area contributed by atoms with Gasteiger partial charge in [0, 0.05) is 30.3 Å². The average Bonchev–Trinajstić information content (AvgIpc) is 2.69. The number of hydrogen-bond donors (Lipinski definition) is 2. The average molecular weight is 439 g/mol. The van der Waals surface area contributed by atoms with Crippen LogP contribution in [0.1, 0.15) is 64.5 Å². The SMILES string of the molecule is Cc1ccnc(NC(=O)CCC(=O)N(CC(=O)NC(C)(C)C)c2ccc(C(C)C)cc2)c1. The van der Waals surface area contributed by atoms with Crippen molar-refractivity contribution in [1.82, 2.24) is 10.3 Å². The van der Waals surface area contributed by atoms with Crippen LogP contribution < -0.4 is 15.5 Å². The number of hydrogen-bond acceptors (Lipinski definition) is 4. The van der Waals surface area contributed by atoms with Gasteiger partial charge >= 0.3 is 0 Å². The van der Waals surface area contributed by atoms with Crippen molar-refractivity contribution in [3.05, 3.63) is 53.7 Å². The number of rotatable bonds is 8. The molecule has 32 heavy (non-hydrogen) atoms. The first-order valence-corrected chi connectivity index (χ1v) is 10.9. The van der Waals surface area contributed by atoms with E-state index in [1.54, 1.807) is 12.3 Å². The lowest BCUT2D eigenvalue weighted by molar-refractivity contribution is -0.125. The van der Waals surface area contributed by atoms with Gasteiger partial charge in [0.2, 0.25) is 17.7 Å². The van der Waals surface area contributed by atoms with E-state index < -0.39 is 5.54 Å². The van der Waals surface area contributed by atoms with Gasteiger partial charge < -0.3 is 15.5 Å². The molecule has 7 nitrogen and oxygen atoms in total. The molecule has 2 aromatic rings. The zero-order chi connectivity index (χ0) is 23.9. The lowest BCUT2D eigenvalue weighted by Crippen LogP contribution is -2.47. The van der Waals surface area contributed by atoms with Gasteiger partial charge in [-0.15, -0.1) is 0 Å². The normalized spacial score (nSPS) is 11.2. The second kappa shape index (κ2) is 10.9. The monoisotopic (exact) mass is 438 g/mol. The van der Waals surface area contributed by atoms with E-state index in [2.05, 4.69) is 29.5 Å². The lowest BCUT2D eigenvalue weighted by Gasteiger charge is -2.26. The van der Waals surface area contributed by atoms with E-state index in [0.717, 1.165) is 11.1 Å². The maximum atomic E-state index is 13.0. The Morgan fingerprint density at radius 3 is 2.22 bits per heavy atom. The zero-order valence-corrected chi connectivity index (χ0v) is 19.9. The Hall–Kier alpha value is -3.22. The number of aromatic nitrogens is 1. The maximum Gasteiger partial charge on any atom is 0.240 e. The number of nitrogens with one attached hydrogen (secondary N) is 2. The molecule has 0 saturated heterocycles. The molecule has 7 heteroatoms. The van der Waals surface area contributed by atoms with Crippen molar-refractivity contribution in [1.29, 1.82) is 0 Å². The van der Waals surface area contributed by atoms with Crippen LogP contribution in [0.3, 0.4) is 0 Å². The molecule has 2 N–H and O–H groups in total. The highest BCUT2D eigenvalue weighted by Crippen LogP contribution is 2.21. The minimum Gasteiger partial charge on any atom is -0.350 e. The first kappa shape index (κ1) is 25.0. The van der Waals surface area contributed by atoms with E-state index in [0.29, 0.717) is 17.4 Å². The smallest absolute Gasteiger partial charge is 0.240 e. The Bertz CT molecular complexity index is 946. The van der Waals surface area contributed by atoms with Crippen LogP contribution in [0.15, 0.2) is 42.6 Å². The molecule has 2 rings (SSSR count). The first-order valence-electron chi connectivity index (χ1n) is 10.9. The van der Waals surface area contributed by atoms with Crippen LogP contribution in [0, 0.1) is 6.92 Å². The van der Waals surface area contributed by atoms with Crippen molar-refractivity contribution in [3.8, 4) is 0 Å². The van der Waals surface area contributed by atoms with Crippen LogP contribution in [-0.4, -0.2) is 34.8 Å². The molecule has 1 aromatic heterocycles. The van der Waals surface area contributed by atoms with Crippen LogP contribution in [0.4, 0.5) is 11.5 Å². The molecule has 0 aliphatic rings. The quantitative estimate of drug-likeness (QED) is 0.647. The number of aryl methyl sites for hydroxylation is 1. The van der Waals surface area contributed by atoms with Crippen molar-refractivity contribution in [2.75, 3.05) is 16.8 Å². The molecular formula is C25H34N4O3. The van der Waals surface area contributed by atoms with Gasteiger partial charge in [-0.25, -0.2) is 4.98 Å². The first-order chi connectivity index (χ1) is 14.9. The summed E-state index contributed by atoms with van der Waals surface area (Å²) < 4.78 is 0. The second-order valence-corrected chi connectivity index (χ2v) is 9.29. The van der Waals surface area contributed by atoms with Gasteiger partial charge in [0.15, 0.2) is 0 Å². The Labute approximate surface area is 190 Å². The minimum absolute atomic E-state index is 0.00404. The number of pyridine rings is 1. The van der Waals surface area contributed by atoms with Gasteiger partial charge in [-0.3, -0.25) is 14.4 Å². The van der Waals surface area contributed by atoms with E-state index in [-0.39, 0.29) is 37.1 Å². The molecule has 0 fully saturated rings. The van der Waals surface area contributed by atoms with Crippen LogP contribution >= 0.6 is 0 Å². The third-order valence-electron chi connectivity index (χ3n) is 4.74. The molecule has 172 valence electrons. The van der Waals surface area contributed by atoms with Crippen molar-refractivity contribution < 1.29 is 14.4 Å². The number of anilines is 2. The minimum atomic E-state index is -0.409. The second-order valence-electron chi connectivity index (χ2n) is 9.29. The molecule has 1 heterocycles. The fraction of sp³-hybridized carbons (Fsp3) is 0.440. The highest BCUT2D eigenvalue weighted by Gasteiger charge is 2.22. The van der Waals surface area contributed by atoms with Crippen LogP contribution in [0.5, 0.6) is 0 Å². The van der Waals surface area contributed by atoms with Gasteiger partial charge in [-0.1, -0.05) is 26.0 Å². The lowest BCUT2D eigenvalue weighted by atomic mass is 10.0. The molecule has 0 aliphatic carbocycles. The van der Waals surface area contributed by atoms with Crippen molar-refractivity contribution >= 4 is 29.2 Å². The number of amides is 3. The van der Waals surface area contributed by atoms with E-state index >= 15 is 0 Å². The summed E-state index contributed by atoms with van der Waals surface area (Å²) in [6.07, 6.45) is 1.59. The van der Waals surface area contributed by atoms with Gasteiger partial charge in [0.1, 0.15) is 12.4 Å². The Balaban J connectivity index is 2.10. The summed E-state index contributed by atoms with van der Waals surface area (Å²) in [5.74, 6) is -0.0407. The summed E-state index contributed by atoms with van der Waals surface area (Å²) in [4.78, 5) is 43.4. The van der Waals surface area contributed by atoms with E-state index in [1.807, 2.05) is 58.0 Å². The molecule has 0 unspecified atom stereocenters. The summed E-state index contributed by atoms with van der Waals surface area (Å²) in [5.41, 5.74) is 2.34. The molecule has 0 aliphatic heterocycles. The summed E-state index contributed by atoms with van der Waals surface area (Å²) in [6, 6.07) is 11.2. The molecular weight excluding hydrogens is 404 g/mol. The van der Waals surface area contributed by atoms with E-state index in [1.165, 1.54) is 4.90 Å². The Morgan fingerprint density at radius 2 is 1.66 bits per heavy atom. The largest absolute Gasteiger partial charge is 0.350 e. The fourth-order valence-corrected chi connectivity index (χ4v) is 3.13. The van der Waals surface area contributed by atoms with E-state index in [9.17, 15) is 14.4 Å². The van der Waals surface area contributed by atoms with Gasteiger partial charge in [-0.2, -0.15) is 0 Å². The summed E-state index contributed by atoms with van der Waals surface area (Å²) in [6.45, 7) is 11.6. The van der Waals surface area contributed by atoms with Gasteiger partial charge in [-0.05, 0) is 69.0 Å². The Kier molecular flexibility index (Phi) is 8.52.